The summed E-state index contributed by atoms with van der Waals surface area (Å²) < 4.78 is 30.2. The summed E-state index contributed by atoms with van der Waals surface area (Å²) in [5.74, 6) is 0. The molecule has 0 radical (unpaired) electrons. The molecule has 0 saturated heterocycles. The van der Waals surface area contributed by atoms with Crippen molar-refractivity contribution in [3.8, 4) is 6.07 Å². The lowest BCUT2D eigenvalue weighted by atomic mass is 9.95. The van der Waals surface area contributed by atoms with Gasteiger partial charge in [-0.2, -0.15) is 9.57 Å². The quantitative estimate of drug-likeness (QED) is 0.272. The third-order valence-electron chi connectivity index (χ3n) is 7.32. The van der Waals surface area contributed by atoms with E-state index in [1.165, 1.54) is 0 Å². The fourth-order valence-corrected chi connectivity index (χ4v) is 7.07. The smallest absolute Gasteiger partial charge is 0.243 e. The van der Waals surface area contributed by atoms with Crippen LogP contribution in [-0.2, 0) is 29.5 Å². The molecule has 1 aliphatic rings. The van der Waals surface area contributed by atoms with Crippen LogP contribution >= 0.6 is 12.4 Å². The molecule has 6 rings (SSSR count). The van der Waals surface area contributed by atoms with E-state index in [0.29, 0.717) is 25.1 Å². The second kappa shape index (κ2) is 11.5. The number of nitrogens with zero attached hydrogens (tertiary/aromatic N) is 4. The first-order valence-electron chi connectivity index (χ1n) is 12.8. The van der Waals surface area contributed by atoms with Crippen molar-refractivity contribution in [1.82, 2.24) is 14.3 Å². The Morgan fingerprint density at radius 3 is 2.55 bits per heavy atom. The lowest BCUT2D eigenvalue weighted by molar-refractivity contribution is 0.303. The van der Waals surface area contributed by atoms with Crippen molar-refractivity contribution in [3.63, 3.8) is 0 Å². The molecule has 1 aromatic heterocycles. The lowest BCUT2D eigenvalue weighted by Gasteiger charge is -2.41. The molecule has 1 atom stereocenters. The highest BCUT2D eigenvalue weighted by Gasteiger charge is 2.36. The fourth-order valence-electron chi connectivity index (χ4n) is 5.45. The van der Waals surface area contributed by atoms with Gasteiger partial charge in [-0.25, -0.2) is 13.4 Å². The lowest BCUT2D eigenvalue weighted by Crippen LogP contribution is -2.50. The van der Waals surface area contributed by atoms with Crippen LogP contribution < -0.4 is 4.90 Å². The molecule has 202 valence electrons. The van der Waals surface area contributed by atoms with Crippen LogP contribution in [0.1, 0.15) is 22.4 Å². The highest BCUT2D eigenvalue weighted by atomic mass is 35.5. The van der Waals surface area contributed by atoms with Gasteiger partial charge in [-0.15, -0.1) is 12.4 Å². The molecule has 7 nitrogen and oxygen atoms in total. The molecular weight excluding hydrogens is 542 g/mol. The molecule has 1 unspecified atom stereocenters. The molecule has 2 heterocycles. The maximum absolute atomic E-state index is 14.3. The van der Waals surface area contributed by atoms with Crippen molar-refractivity contribution in [1.29, 1.82) is 5.26 Å². The Balaban J connectivity index is 0.00000323. The summed E-state index contributed by atoms with van der Waals surface area (Å²) in [6.07, 6.45) is 3.92. The number of aromatic nitrogens is 2. The van der Waals surface area contributed by atoms with E-state index >= 15 is 0 Å². The van der Waals surface area contributed by atoms with E-state index in [2.05, 4.69) is 20.9 Å². The molecule has 1 aliphatic heterocycles. The Morgan fingerprint density at radius 1 is 1.00 bits per heavy atom. The molecule has 0 bridgehead atoms. The van der Waals surface area contributed by atoms with Gasteiger partial charge in [0.05, 0.1) is 35.1 Å². The van der Waals surface area contributed by atoms with Crippen LogP contribution in [-0.4, -0.2) is 35.3 Å². The molecule has 5 aromatic rings. The number of fused-ring (bicyclic) bond motifs is 2. The van der Waals surface area contributed by atoms with Gasteiger partial charge in [0.1, 0.15) is 0 Å². The van der Waals surface area contributed by atoms with Crippen LogP contribution in [0.5, 0.6) is 0 Å². The maximum Gasteiger partial charge on any atom is 0.243 e. The molecule has 4 aromatic carbocycles. The van der Waals surface area contributed by atoms with Crippen LogP contribution in [0.15, 0.2) is 108 Å². The second-order valence-corrected chi connectivity index (χ2v) is 11.7. The third-order valence-corrected chi connectivity index (χ3v) is 9.23. The van der Waals surface area contributed by atoms with Crippen LogP contribution in [0.3, 0.4) is 0 Å². The number of nitrogens with one attached hydrogen (secondary N) is 1. The van der Waals surface area contributed by atoms with Crippen molar-refractivity contribution in [2.75, 3.05) is 11.4 Å². The van der Waals surface area contributed by atoms with Crippen molar-refractivity contribution < 1.29 is 8.42 Å². The molecule has 0 aliphatic carbocycles. The van der Waals surface area contributed by atoms with Crippen LogP contribution in [0.4, 0.5) is 5.69 Å². The molecule has 0 amide bonds. The summed E-state index contributed by atoms with van der Waals surface area (Å²) in [5.41, 5.74) is 4.39. The van der Waals surface area contributed by atoms with Crippen LogP contribution in [0, 0.1) is 11.3 Å². The van der Waals surface area contributed by atoms with E-state index in [4.69, 9.17) is 0 Å². The minimum atomic E-state index is -3.85. The minimum Gasteiger partial charge on any atom is -0.364 e. The van der Waals surface area contributed by atoms with E-state index < -0.39 is 10.0 Å². The van der Waals surface area contributed by atoms with Crippen molar-refractivity contribution >= 4 is 38.9 Å². The number of H-pyrrole nitrogens is 1. The zero-order valence-electron chi connectivity index (χ0n) is 21.6. The third kappa shape index (κ3) is 5.32. The zero-order chi connectivity index (χ0) is 26.8. The van der Waals surface area contributed by atoms with Gasteiger partial charge in [0.2, 0.25) is 10.0 Å². The van der Waals surface area contributed by atoms with Crippen molar-refractivity contribution in [2.45, 2.75) is 30.4 Å². The number of halogens is 1. The first-order chi connectivity index (χ1) is 19.0. The summed E-state index contributed by atoms with van der Waals surface area (Å²) in [7, 11) is -3.85. The number of imidazole rings is 1. The Morgan fingerprint density at radius 2 is 1.77 bits per heavy atom. The highest BCUT2D eigenvalue weighted by molar-refractivity contribution is 7.89. The standard InChI is InChI=1S/C31H27N5O2S.ClH/c32-17-23-13-14-31-26(15-23)16-28(21-35(31)20-27-18-33-22-34-27)36(39(37,38)29-10-2-1-3-11-29)19-25-9-6-8-24-7-4-5-12-30(24)25;/h1-15,18,22,28H,16,19-21H2,(H,33,34);1H. The SMILES string of the molecule is Cl.N#Cc1ccc2c(c1)CC(N(Cc1cccc3ccccc13)S(=O)(=O)c1ccccc1)CN2Cc1cnc[nH]1. The number of nitriles is 1. The monoisotopic (exact) mass is 569 g/mol. The minimum absolute atomic E-state index is 0. The molecule has 9 heteroatoms. The number of benzene rings is 4. The second-order valence-electron chi connectivity index (χ2n) is 9.77. The number of hydrogen-bond acceptors (Lipinski definition) is 5. The van der Waals surface area contributed by atoms with Gasteiger partial charge in [-0.3, -0.25) is 0 Å². The van der Waals surface area contributed by atoms with E-state index in [0.717, 1.165) is 33.3 Å². The number of anilines is 1. The predicted molar refractivity (Wildman–Crippen MR) is 159 cm³/mol. The summed E-state index contributed by atoms with van der Waals surface area (Å²) in [6.45, 7) is 1.27. The van der Waals surface area contributed by atoms with Gasteiger partial charge < -0.3 is 9.88 Å². The van der Waals surface area contributed by atoms with E-state index in [-0.39, 0.29) is 29.9 Å². The molecule has 0 fully saturated rings. The number of rotatable bonds is 7. The molecule has 1 N–H and O–H groups in total. The van der Waals surface area contributed by atoms with E-state index in [1.807, 2.05) is 66.7 Å². The normalized spacial score (nSPS) is 14.9. The number of hydrogen-bond donors (Lipinski definition) is 1. The average molecular weight is 570 g/mol. The maximum atomic E-state index is 14.3. The summed E-state index contributed by atoms with van der Waals surface area (Å²) in [5, 5.41) is 11.7. The van der Waals surface area contributed by atoms with Crippen LogP contribution in [0.2, 0.25) is 0 Å². The topological polar surface area (TPSA) is 93.1 Å². The van der Waals surface area contributed by atoms with Gasteiger partial charge in [0, 0.05) is 31.0 Å². The summed E-state index contributed by atoms with van der Waals surface area (Å²) in [4.78, 5) is 9.76. The highest BCUT2D eigenvalue weighted by Crippen LogP contribution is 2.34. The van der Waals surface area contributed by atoms with E-state index in [9.17, 15) is 13.7 Å². The van der Waals surface area contributed by atoms with Crippen molar-refractivity contribution in [3.05, 3.63) is 126 Å². The van der Waals surface area contributed by atoms with Gasteiger partial charge in [-0.05, 0) is 58.7 Å². The fraction of sp³-hybridized carbons (Fsp3) is 0.161. The Bertz CT molecular complexity index is 1760. The Labute approximate surface area is 240 Å². The first kappa shape index (κ1) is 27.4. The molecule has 40 heavy (non-hydrogen) atoms. The van der Waals surface area contributed by atoms with Gasteiger partial charge in [-0.1, -0.05) is 60.7 Å². The number of aromatic amines is 1. The van der Waals surface area contributed by atoms with E-state index in [1.54, 1.807) is 41.1 Å². The van der Waals surface area contributed by atoms with Crippen molar-refractivity contribution in [2.24, 2.45) is 0 Å². The summed E-state index contributed by atoms with van der Waals surface area (Å²) >= 11 is 0. The van der Waals surface area contributed by atoms with Gasteiger partial charge in [0.15, 0.2) is 0 Å². The van der Waals surface area contributed by atoms with Gasteiger partial charge in [0.25, 0.3) is 0 Å². The average Bonchev–Trinajstić information content (AvgIpc) is 3.49. The molecule has 0 spiro atoms. The van der Waals surface area contributed by atoms with Crippen LogP contribution in [0.25, 0.3) is 10.8 Å². The first-order valence-corrected chi connectivity index (χ1v) is 14.3. The zero-order valence-corrected chi connectivity index (χ0v) is 23.3. The molecular formula is C31H28ClN5O2S. The largest absolute Gasteiger partial charge is 0.364 e. The summed E-state index contributed by atoms with van der Waals surface area (Å²) in [6, 6.07) is 30.2. The Hall–Kier alpha value is -4.16. The predicted octanol–water partition coefficient (Wildman–Crippen LogP) is 5.68. The number of sulfonamides is 1. The van der Waals surface area contributed by atoms with Gasteiger partial charge >= 0.3 is 0 Å². The Kier molecular flexibility index (Phi) is 7.90. The molecule has 0 saturated carbocycles.